The summed E-state index contributed by atoms with van der Waals surface area (Å²) >= 11 is 0. The minimum atomic E-state index is 0.0931. The second-order valence-corrected chi connectivity index (χ2v) is 10.1. The Morgan fingerprint density at radius 3 is 2.03 bits per heavy atom. The number of para-hydroxylation sites is 1. The molecule has 0 unspecified atom stereocenters. The maximum atomic E-state index is 5.24. The van der Waals surface area contributed by atoms with Crippen molar-refractivity contribution in [1.82, 2.24) is 14.2 Å². The zero-order valence-corrected chi connectivity index (χ0v) is 20.6. The Kier molecular flexibility index (Phi) is 4.81. The van der Waals surface area contributed by atoms with Crippen molar-refractivity contribution in [1.29, 1.82) is 0 Å². The van der Waals surface area contributed by atoms with Crippen molar-refractivity contribution in [3.05, 3.63) is 89.8 Å². The van der Waals surface area contributed by atoms with Gasteiger partial charge in [0.2, 0.25) is 0 Å². The average Bonchev–Trinajstić information content (AvgIpc) is 3.24. The molecule has 0 fully saturated rings. The van der Waals surface area contributed by atoms with Crippen LogP contribution in [0.25, 0.3) is 33.4 Å². The molecule has 3 nitrogen and oxygen atoms in total. The Morgan fingerprint density at radius 2 is 1.35 bits per heavy atom. The summed E-state index contributed by atoms with van der Waals surface area (Å²) in [4.78, 5) is 7.61. The lowest BCUT2D eigenvalue weighted by Gasteiger charge is -2.32. The van der Waals surface area contributed by atoms with Gasteiger partial charge in [0.15, 0.2) is 0 Å². The van der Waals surface area contributed by atoms with E-state index in [-0.39, 0.29) is 6.85 Å². The summed E-state index contributed by atoms with van der Waals surface area (Å²) in [5.41, 5.74) is 8.85. The van der Waals surface area contributed by atoms with E-state index in [0.717, 1.165) is 11.3 Å². The van der Waals surface area contributed by atoms with E-state index in [1.807, 2.05) is 0 Å². The number of rotatable bonds is 3. The third-order valence-electron chi connectivity index (χ3n) is 7.37. The molecule has 0 bridgehead atoms. The molecule has 0 N–H and O–H groups in total. The molecule has 0 amide bonds. The molecular weight excluding hydrogens is 413 g/mol. The molecule has 0 saturated carbocycles. The third-order valence-corrected chi connectivity index (χ3v) is 7.37. The van der Waals surface area contributed by atoms with Crippen molar-refractivity contribution < 1.29 is 0 Å². The second-order valence-electron chi connectivity index (χ2n) is 10.1. The largest absolute Gasteiger partial charge is 0.414 e. The van der Waals surface area contributed by atoms with E-state index in [2.05, 4.69) is 123 Å². The maximum absolute atomic E-state index is 5.24. The first kappa shape index (κ1) is 21.0. The lowest BCUT2D eigenvalue weighted by atomic mass is 9.47. The average molecular weight is 443 g/mol. The third kappa shape index (κ3) is 2.94. The van der Waals surface area contributed by atoms with Crippen LogP contribution in [0.3, 0.4) is 0 Å². The first-order chi connectivity index (χ1) is 16.5. The van der Waals surface area contributed by atoms with Crippen molar-refractivity contribution in [2.45, 2.75) is 39.5 Å². The van der Waals surface area contributed by atoms with Gasteiger partial charge in [-0.2, -0.15) is 0 Å². The highest BCUT2D eigenvalue weighted by Gasteiger charge is 2.37. The molecule has 0 aliphatic carbocycles. The molecule has 1 aliphatic heterocycles. The lowest BCUT2D eigenvalue weighted by Crippen LogP contribution is -2.59. The molecule has 168 valence electrons. The zero-order valence-electron chi connectivity index (χ0n) is 20.6. The van der Waals surface area contributed by atoms with Gasteiger partial charge in [-0.25, -0.2) is 4.98 Å². The van der Waals surface area contributed by atoms with E-state index in [9.17, 15) is 0 Å². The summed E-state index contributed by atoms with van der Waals surface area (Å²) in [6.07, 6.45) is 4.38. The lowest BCUT2D eigenvalue weighted by molar-refractivity contribution is 0.721. The number of fused-ring (bicyclic) bond motifs is 8. The standard InChI is InChI=1S/C30H30BN3/c1-19(2)21-14-10-15-22(20(3)4)28(21)31-29-26(17-18-33(31)5)32-30-25-13-7-6-11-23(25)24-12-8-9-16-27(24)34(29)30/h6-20H,1-5H3. The summed E-state index contributed by atoms with van der Waals surface area (Å²) in [6, 6.07) is 24.3. The Bertz CT molecular complexity index is 1570. The smallest absolute Gasteiger partial charge is 0.344 e. The van der Waals surface area contributed by atoms with Gasteiger partial charge in [0.25, 0.3) is 0 Å². The van der Waals surface area contributed by atoms with Crippen LogP contribution in [0.2, 0.25) is 0 Å². The van der Waals surface area contributed by atoms with Gasteiger partial charge in [0.1, 0.15) is 5.65 Å². The molecule has 0 radical (unpaired) electrons. The molecule has 34 heavy (non-hydrogen) atoms. The SMILES string of the molecule is CC(C)c1cccc(C(C)C)c1B1c2c(nc3c4ccccc4c4ccccc4n23)C=CN1C. The minimum Gasteiger partial charge on any atom is -0.414 e. The van der Waals surface area contributed by atoms with Crippen LogP contribution in [0.15, 0.2) is 72.9 Å². The molecule has 3 aromatic carbocycles. The van der Waals surface area contributed by atoms with Gasteiger partial charge in [0.05, 0.1) is 11.2 Å². The number of pyridine rings is 1. The first-order valence-electron chi connectivity index (χ1n) is 12.3. The second kappa shape index (κ2) is 7.77. The van der Waals surface area contributed by atoms with Crippen LogP contribution in [-0.2, 0) is 0 Å². The van der Waals surface area contributed by atoms with E-state index in [1.165, 1.54) is 43.9 Å². The Hall–Kier alpha value is -3.53. The summed E-state index contributed by atoms with van der Waals surface area (Å²) in [6.45, 7) is 9.32. The fourth-order valence-electron chi connectivity index (χ4n) is 5.80. The van der Waals surface area contributed by atoms with E-state index in [0.29, 0.717) is 11.8 Å². The van der Waals surface area contributed by atoms with Crippen molar-refractivity contribution in [2.24, 2.45) is 0 Å². The maximum Gasteiger partial charge on any atom is 0.344 e. The van der Waals surface area contributed by atoms with E-state index in [1.54, 1.807) is 0 Å². The summed E-state index contributed by atoms with van der Waals surface area (Å²) in [5.74, 6) is 0.876. The van der Waals surface area contributed by atoms with Crippen molar-refractivity contribution in [3.63, 3.8) is 0 Å². The Labute approximate surface area is 201 Å². The van der Waals surface area contributed by atoms with E-state index < -0.39 is 0 Å². The minimum absolute atomic E-state index is 0.0931. The number of imidazole rings is 1. The van der Waals surface area contributed by atoms with Crippen LogP contribution in [0.5, 0.6) is 0 Å². The normalized spacial score (nSPS) is 13.7. The van der Waals surface area contributed by atoms with Crippen LogP contribution >= 0.6 is 0 Å². The summed E-state index contributed by atoms with van der Waals surface area (Å²) < 4.78 is 2.43. The topological polar surface area (TPSA) is 20.5 Å². The van der Waals surface area contributed by atoms with Crippen LogP contribution < -0.4 is 11.1 Å². The van der Waals surface area contributed by atoms with Gasteiger partial charge in [0, 0.05) is 16.4 Å². The van der Waals surface area contributed by atoms with Gasteiger partial charge in [-0.05, 0) is 59.2 Å². The summed E-state index contributed by atoms with van der Waals surface area (Å²) in [7, 11) is 2.20. The molecule has 2 aromatic heterocycles. The zero-order chi connectivity index (χ0) is 23.6. The molecule has 5 aromatic rings. The molecular formula is C30H30BN3. The predicted octanol–water partition coefficient (Wildman–Crippen LogP) is 5.91. The quantitative estimate of drug-likeness (QED) is 0.255. The van der Waals surface area contributed by atoms with Gasteiger partial charge >= 0.3 is 6.85 Å². The number of benzene rings is 3. The van der Waals surface area contributed by atoms with Gasteiger partial charge < -0.3 is 9.21 Å². The number of nitrogens with zero attached hydrogens (tertiary/aromatic N) is 3. The predicted molar refractivity (Wildman–Crippen MR) is 147 cm³/mol. The van der Waals surface area contributed by atoms with E-state index >= 15 is 0 Å². The summed E-state index contributed by atoms with van der Waals surface area (Å²) in [5, 5.41) is 3.72. The number of hydrogen-bond donors (Lipinski definition) is 0. The van der Waals surface area contributed by atoms with E-state index in [4.69, 9.17) is 4.98 Å². The highest BCUT2D eigenvalue weighted by Crippen LogP contribution is 2.30. The number of hydrogen-bond acceptors (Lipinski definition) is 2. The fourth-order valence-corrected chi connectivity index (χ4v) is 5.80. The monoisotopic (exact) mass is 443 g/mol. The van der Waals surface area contributed by atoms with Crippen molar-refractivity contribution >= 4 is 51.3 Å². The van der Waals surface area contributed by atoms with Gasteiger partial charge in [-0.3, -0.25) is 0 Å². The van der Waals surface area contributed by atoms with Gasteiger partial charge in [-0.1, -0.05) is 88.4 Å². The van der Waals surface area contributed by atoms with Gasteiger partial charge in [-0.15, -0.1) is 0 Å². The molecule has 6 rings (SSSR count). The van der Waals surface area contributed by atoms with Crippen LogP contribution in [0.1, 0.15) is 56.4 Å². The first-order valence-corrected chi connectivity index (χ1v) is 12.3. The molecule has 0 spiro atoms. The molecule has 1 aliphatic rings. The molecule has 0 saturated heterocycles. The van der Waals surface area contributed by atoms with Crippen LogP contribution in [0, 0.1) is 0 Å². The highest BCUT2D eigenvalue weighted by molar-refractivity contribution is 6.84. The van der Waals surface area contributed by atoms with Crippen LogP contribution in [-0.4, -0.2) is 28.1 Å². The molecule has 0 atom stereocenters. The molecule has 3 heterocycles. The number of aromatic nitrogens is 2. The Balaban J connectivity index is 1.79. The molecule has 4 heteroatoms. The Morgan fingerprint density at radius 1 is 0.735 bits per heavy atom. The fraction of sp³-hybridized carbons (Fsp3) is 0.233. The van der Waals surface area contributed by atoms with Crippen LogP contribution in [0.4, 0.5) is 0 Å². The highest BCUT2D eigenvalue weighted by atomic mass is 15.1. The van der Waals surface area contributed by atoms with Crippen molar-refractivity contribution in [3.8, 4) is 0 Å². The van der Waals surface area contributed by atoms with Crippen molar-refractivity contribution in [2.75, 3.05) is 7.05 Å².